The van der Waals surface area contributed by atoms with Gasteiger partial charge in [0.1, 0.15) is 0 Å². The number of nitrogens with two attached hydrogens (primary N) is 1. The van der Waals surface area contributed by atoms with Crippen molar-refractivity contribution in [3.8, 4) is 0 Å². The second kappa shape index (κ2) is 6.05. The molecule has 2 heteroatoms. The zero-order chi connectivity index (χ0) is 7.98. The zero-order valence-corrected chi connectivity index (χ0v) is 7.90. The molecule has 0 aromatic rings. The van der Waals surface area contributed by atoms with E-state index in [2.05, 4.69) is 26.5 Å². The van der Waals surface area contributed by atoms with E-state index in [1.807, 2.05) is 0 Å². The number of hydrogen-bond acceptors (Lipinski definition) is 2. The van der Waals surface area contributed by atoms with Crippen LogP contribution >= 0.6 is 12.6 Å². The van der Waals surface area contributed by atoms with Crippen molar-refractivity contribution < 1.29 is 0 Å². The molecule has 10 heavy (non-hydrogen) atoms. The molecule has 0 aromatic heterocycles. The zero-order valence-electron chi connectivity index (χ0n) is 7.01. The Labute approximate surface area is 69.8 Å². The largest absolute Gasteiger partial charge is 0.330 e. The Hall–Kier alpha value is 0.310. The van der Waals surface area contributed by atoms with Crippen molar-refractivity contribution in [3.63, 3.8) is 0 Å². The highest BCUT2D eigenvalue weighted by molar-refractivity contribution is 7.80. The van der Waals surface area contributed by atoms with Crippen LogP contribution in [0.15, 0.2) is 0 Å². The number of thiol groups is 1. The smallest absolute Gasteiger partial charge is 0.000905 e. The van der Waals surface area contributed by atoms with Crippen LogP contribution in [0.2, 0.25) is 0 Å². The molecule has 0 amide bonds. The van der Waals surface area contributed by atoms with Crippen molar-refractivity contribution in [2.75, 3.05) is 6.54 Å². The van der Waals surface area contributed by atoms with Gasteiger partial charge in [-0.25, -0.2) is 0 Å². The summed E-state index contributed by atoms with van der Waals surface area (Å²) in [6.45, 7) is 5.23. The van der Waals surface area contributed by atoms with Crippen molar-refractivity contribution >= 4 is 12.6 Å². The van der Waals surface area contributed by atoms with Crippen LogP contribution in [0.25, 0.3) is 0 Å². The highest BCUT2D eigenvalue weighted by atomic mass is 32.1. The molecule has 0 saturated heterocycles. The number of hydrogen-bond donors (Lipinski definition) is 2. The maximum absolute atomic E-state index is 5.39. The van der Waals surface area contributed by atoms with Gasteiger partial charge in [-0.2, -0.15) is 12.6 Å². The van der Waals surface area contributed by atoms with Crippen LogP contribution < -0.4 is 5.73 Å². The summed E-state index contributed by atoms with van der Waals surface area (Å²) in [7, 11) is 0. The van der Waals surface area contributed by atoms with E-state index >= 15 is 0 Å². The van der Waals surface area contributed by atoms with Crippen LogP contribution in [0.1, 0.15) is 33.1 Å². The molecule has 2 atom stereocenters. The summed E-state index contributed by atoms with van der Waals surface area (Å²) in [5, 5.41) is 0.535. The third kappa shape index (κ3) is 6.43. The summed E-state index contributed by atoms with van der Waals surface area (Å²) in [5.41, 5.74) is 5.39. The predicted octanol–water partition coefficient (Wildman–Crippen LogP) is 2.07. The Morgan fingerprint density at radius 3 is 2.40 bits per heavy atom. The van der Waals surface area contributed by atoms with Gasteiger partial charge in [-0.3, -0.25) is 0 Å². The van der Waals surface area contributed by atoms with Crippen molar-refractivity contribution in [1.82, 2.24) is 0 Å². The Morgan fingerprint density at radius 2 is 2.00 bits per heavy atom. The Morgan fingerprint density at radius 1 is 1.40 bits per heavy atom. The predicted molar refractivity (Wildman–Crippen MR) is 50.5 cm³/mol. The molecule has 0 fully saturated rings. The quantitative estimate of drug-likeness (QED) is 0.593. The summed E-state index contributed by atoms with van der Waals surface area (Å²) in [6.07, 6.45) is 3.62. The minimum Gasteiger partial charge on any atom is -0.330 e. The lowest BCUT2D eigenvalue weighted by molar-refractivity contribution is 0.479. The second-order valence-electron chi connectivity index (χ2n) is 3.12. The maximum Gasteiger partial charge on any atom is -0.000905 e. The molecule has 0 heterocycles. The first-order valence-electron chi connectivity index (χ1n) is 4.05. The van der Waals surface area contributed by atoms with Crippen LogP contribution in [0.5, 0.6) is 0 Å². The molecule has 0 bridgehead atoms. The van der Waals surface area contributed by atoms with E-state index in [0.717, 1.165) is 18.9 Å². The van der Waals surface area contributed by atoms with Crippen LogP contribution in [0.3, 0.4) is 0 Å². The fourth-order valence-electron chi connectivity index (χ4n) is 1.17. The molecule has 0 saturated carbocycles. The van der Waals surface area contributed by atoms with Gasteiger partial charge in [0.05, 0.1) is 0 Å². The van der Waals surface area contributed by atoms with Gasteiger partial charge in [0.25, 0.3) is 0 Å². The molecule has 0 aromatic carbocycles. The van der Waals surface area contributed by atoms with Gasteiger partial charge < -0.3 is 5.73 Å². The standard InChI is InChI=1S/C8H19NS/c1-7(4-3-5-9)6-8(2)10/h7-8,10H,3-6,9H2,1-2H3. The lowest BCUT2D eigenvalue weighted by Crippen LogP contribution is -2.06. The summed E-state index contributed by atoms with van der Waals surface area (Å²) in [6, 6.07) is 0. The van der Waals surface area contributed by atoms with Gasteiger partial charge >= 0.3 is 0 Å². The van der Waals surface area contributed by atoms with E-state index in [9.17, 15) is 0 Å². The minimum atomic E-state index is 0.535. The first-order chi connectivity index (χ1) is 4.66. The first kappa shape index (κ1) is 10.3. The van der Waals surface area contributed by atoms with Crippen LogP contribution in [0.4, 0.5) is 0 Å². The third-order valence-corrected chi connectivity index (χ3v) is 1.86. The van der Waals surface area contributed by atoms with Crippen molar-refractivity contribution in [2.24, 2.45) is 11.7 Å². The summed E-state index contributed by atoms with van der Waals surface area (Å²) in [4.78, 5) is 0. The third-order valence-electron chi connectivity index (χ3n) is 1.64. The molecule has 0 radical (unpaired) electrons. The Balaban J connectivity index is 3.16. The normalized spacial score (nSPS) is 16.8. The summed E-state index contributed by atoms with van der Waals surface area (Å²) < 4.78 is 0. The molecule has 62 valence electrons. The minimum absolute atomic E-state index is 0.535. The Bertz CT molecular complexity index is 73.7. The molecular weight excluding hydrogens is 142 g/mol. The lowest BCUT2D eigenvalue weighted by Gasteiger charge is -2.11. The van der Waals surface area contributed by atoms with Crippen LogP contribution in [0, 0.1) is 5.92 Å². The molecule has 0 aliphatic carbocycles. The SMILES string of the molecule is CC(S)CC(C)CCCN. The summed E-state index contributed by atoms with van der Waals surface area (Å²) in [5.74, 6) is 0.788. The van der Waals surface area contributed by atoms with E-state index in [-0.39, 0.29) is 0 Å². The van der Waals surface area contributed by atoms with E-state index < -0.39 is 0 Å². The molecule has 0 spiro atoms. The fraction of sp³-hybridized carbons (Fsp3) is 1.00. The average molecular weight is 161 g/mol. The Kier molecular flexibility index (Phi) is 6.24. The monoisotopic (exact) mass is 161 g/mol. The highest BCUT2D eigenvalue weighted by Crippen LogP contribution is 2.14. The van der Waals surface area contributed by atoms with Crippen LogP contribution in [-0.2, 0) is 0 Å². The van der Waals surface area contributed by atoms with Gasteiger partial charge in [-0.1, -0.05) is 13.8 Å². The molecule has 0 aliphatic rings. The maximum atomic E-state index is 5.39. The van der Waals surface area contributed by atoms with E-state index in [4.69, 9.17) is 5.73 Å². The molecular formula is C8H19NS. The summed E-state index contributed by atoms with van der Waals surface area (Å²) >= 11 is 4.33. The average Bonchev–Trinajstić information content (AvgIpc) is 1.82. The van der Waals surface area contributed by atoms with Crippen LogP contribution in [-0.4, -0.2) is 11.8 Å². The van der Waals surface area contributed by atoms with Crippen molar-refractivity contribution in [2.45, 2.75) is 38.4 Å². The van der Waals surface area contributed by atoms with Gasteiger partial charge in [0.15, 0.2) is 0 Å². The topological polar surface area (TPSA) is 26.0 Å². The molecule has 2 unspecified atom stereocenters. The van der Waals surface area contributed by atoms with E-state index in [1.54, 1.807) is 0 Å². The van der Waals surface area contributed by atoms with E-state index in [1.165, 1.54) is 12.8 Å². The molecule has 0 rings (SSSR count). The van der Waals surface area contributed by atoms with Crippen molar-refractivity contribution in [1.29, 1.82) is 0 Å². The molecule has 2 N–H and O–H groups in total. The first-order valence-corrected chi connectivity index (χ1v) is 4.56. The van der Waals surface area contributed by atoms with E-state index in [0.29, 0.717) is 5.25 Å². The van der Waals surface area contributed by atoms with Gasteiger partial charge in [0.2, 0.25) is 0 Å². The second-order valence-corrected chi connectivity index (χ2v) is 4.00. The number of rotatable bonds is 5. The van der Waals surface area contributed by atoms with Gasteiger partial charge in [-0.05, 0) is 37.0 Å². The molecule has 1 nitrogen and oxygen atoms in total. The molecule has 0 aliphatic heterocycles. The van der Waals surface area contributed by atoms with Gasteiger partial charge in [0, 0.05) is 0 Å². The highest BCUT2D eigenvalue weighted by Gasteiger charge is 2.03. The van der Waals surface area contributed by atoms with Gasteiger partial charge in [-0.15, -0.1) is 0 Å². The fourth-order valence-corrected chi connectivity index (χ4v) is 1.53. The van der Waals surface area contributed by atoms with Crippen molar-refractivity contribution in [3.05, 3.63) is 0 Å². The lowest BCUT2D eigenvalue weighted by atomic mass is 10.0.